The van der Waals surface area contributed by atoms with Crippen molar-refractivity contribution in [2.24, 2.45) is 5.92 Å². The van der Waals surface area contributed by atoms with Crippen LogP contribution in [0.1, 0.15) is 117 Å². The van der Waals surface area contributed by atoms with Gasteiger partial charge in [0.15, 0.2) is 0 Å². The van der Waals surface area contributed by atoms with Crippen LogP contribution >= 0.6 is 0 Å². The number of carbonyl (C=O) groups is 2. The summed E-state index contributed by atoms with van der Waals surface area (Å²) in [5.41, 5.74) is 1.23. The Kier molecular flexibility index (Phi) is 14.6. The minimum absolute atomic E-state index is 0.151. The molecule has 0 N–H and O–H groups in total. The average molecular weight is 409 g/mol. The van der Waals surface area contributed by atoms with Crippen LogP contribution in [-0.4, -0.2) is 25.2 Å². The maximum atomic E-state index is 13.0. The highest BCUT2D eigenvalue weighted by Crippen LogP contribution is 2.35. The van der Waals surface area contributed by atoms with E-state index in [-0.39, 0.29) is 17.9 Å². The number of ether oxygens (including phenoxy) is 2. The predicted molar refractivity (Wildman–Crippen MR) is 119 cm³/mol. The van der Waals surface area contributed by atoms with Crippen molar-refractivity contribution >= 4 is 11.9 Å². The molecule has 29 heavy (non-hydrogen) atoms. The molecule has 1 aliphatic rings. The number of unbranched alkanes of at least 4 members (excludes halogenated alkanes) is 7. The Morgan fingerprint density at radius 1 is 0.690 bits per heavy atom. The van der Waals surface area contributed by atoms with Gasteiger partial charge >= 0.3 is 11.9 Å². The zero-order chi connectivity index (χ0) is 21.3. The second-order valence-electron chi connectivity index (χ2n) is 8.37. The molecule has 0 aliphatic heterocycles. The molecule has 0 amide bonds. The molecule has 0 saturated heterocycles. The fourth-order valence-corrected chi connectivity index (χ4v) is 3.96. The van der Waals surface area contributed by atoms with Crippen LogP contribution in [0.25, 0.3) is 0 Å². The zero-order valence-electron chi connectivity index (χ0n) is 19.2. The molecule has 1 fully saturated rings. The molecule has 168 valence electrons. The molecule has 1 aliphatic carbocycles. The van der Waals surface area contributed by atoms with Gasteiger partial charge in [0.05, 0.1) is 18.8 Å². The lowest BCUT2D eigenvalue weighted by molar-refractivity contribution is -0.143. The number of carbonyl (C=O) groups excluding carboxylic acids is 2. The van der Waals surface area contributed by atoms with Crippen molar-refractivity contribution in [1.29, 1.82) is 0 Å². The van der Waals surface area contributed by atoms with Gasteiger partial charge in [-0.25, -0.2) is 9.59 Å². The first kappa shape index (κ1) is 25.7. The molecule has 4 nitrogen and oxygen atoms in total. The molecule has 0 atom stereocenters. The Labute approximate surface area is 178 Å². The van der Waals surface area contributed by atoms with Crippen molar-refractivity contribution in [2.45, 2.75) is 117 Å². The summed E-state index contributed by atoms with van der Waals surface area (Å²) in [4.78, 5) is 25.9. The second-order valence-corrected chi connectivity index (χ2v) is 8.37. The molecule has 0 radical (unpaired) electrons. The highest BCUT2D eigenvalue weighted by atomic mass is 16.5. The molecule has 0 aromatic rings. The number of esters is 2. The summed E-state index contributed by atoms with van der Waals surface area (Å²) in [5, 5.41) is 0. The van der Waals surface area contributed by atoms with E-state index in [1.54, 1.807) is 0 Å². The number of hydrogen-bond donors (Lipinski definition) is 0. The van der Waals surface area contributed by atoms with Gasteiger partial charge in [-0.2, -0.15) is 0 Å². The fourth-order valence-electron chi connectivity index (χ4n) is 3.96. The Morgan fingerprint density at radius 3 is 1.79 bits per heavy atom. The number of rotatable bonds is 16. The predicted octanol–water partition coefficient (Wildman–Crippen LogP) is 6.91. The Balaban J connectivity index is 2.94. The summed E-state index contributed by atoms with van der Waals surface area (Å²) in [6.45, 7) is 7.23. The van der Waals surface area contributed by atoms with Crippen molar-refractivity contribution in [3.63, 3.8) is 0 Å². The molecule has 0 unspecified atom stereocenters. The normalized spacial score (nSPS) is 15.3. The summed E-state index contributed by atoms with van der Waals surface area (Å²) >= 11 is 0. The maximum absolute atomic E-state index is 13.0. The van der Waals surface area contributed by atoms with Crippen molar-refractivity contribution in [3.05, 3.63) is 11.1 Å². The van der Waals surface area contributed by atoms with E-state index in [1.165, 1.54) is 25.7 Å². The molecule has 0 bridgehead atoms. The lowest BCUT2D eigenvalue weighted by Gasteiger charge is -2.19. The van der Waals surface area contributed by atoms with E-state index >= 15 is 0 Å². The van der Waals surface area contributed by atoms with Gasteiger partial charge in [0.2, 0.25) is 0 Å². The van der Waals surface area contributed by atoms with E-state index in [2.05, 4.69) is 20.8 Å². The van der Waals surface area contributed by atoms with Gasteiger partial charge in [0.25, 0.3) is 0 Å². The second kappa shape index (κ2) is 16.5. The lowest BCUT2D eigenvalue weighted by Crippen LogP contribution is -2.22. The van der Waals surface area contributed by atoms with Crippen molar-refractivity contribution in [3.8, 4) is 0 Å². The third-order valence-electron chi connectivity index (χ3n) is 5.80. The van der Waals surface area contributed by atoms with Crippen LogP contribution in [-0.2, 0) is 19.1 Å². The average Bonchev–Trinajstić information content (AvgIpc) is 3.24. The van der Waals surface area contributed by atoms with Crippen LogP contribution < -0.4 is 0 Å². The quantitative estimate of drug-likeness (QED) is 0.158. The minimum atomic E-state index is -0.290. The van der Waals surface area contributed by atoms with Crippen molar-refractivity contribution < 1.29 is 19.1 Å². The molecule has 0 spiro atoms. The molecule has 1 saturated carbocycles. The van der Waals surface area contributed by atoms with Gasteiger partial charge in [0.1, 0.15) is 0 Å². The van der Waals surface area contributed by atoms with E-state index in [9.17, 15) is 9.59 Å². The van der Waals surface area contributed by atoms with E-state index in [4.69, 9.17) is 9.47 Å². The smallest absolute Gasteiger partial charge is 0.334 e. The van der Waals surface area contributed by atoms with Gasteiger partial charge in [0, 0.05) is 5.57 Å². The molecular weight excluding hydrogens is 364 g/mol. The SMILES string of the molecule is CCCCCCCCC(C(=O)OCCCC)=C(C(=O)OCCCC)C1CCCC1. The Morgan fingerprint density at radius 2 is 1.21 bits per heavy atom. The minimum Gasteiger partial charge on any atom is -0.462 e. The largest absolute Gasteiger partial charge is 0.462 e. The summed E-state index contributed by atoms with van der Waals surface area (Å²) < 4.78 is 11.1. The Bertz CT molecular complexity index is 489. The summed E-state index contributed by atoms with van der Waals surface area (Å²) in [6.07, 6.45) is 15.4. The third-order valence-corrected chi connectivity index (χ3v) is 5.80. The fraction of sp³-hybridized carbons (Fsp3) is 0.840. The molecule has 0 aromatic carbocycles. The van der Waals surface area contributed by atoms with Crippen LogP contribution in [0.15, 0.2) is 11.1 Å². The third kappa shape index (κ3) is 10.3. The summed E-state index contributed by atoms with van der Waals surface area (Å²) in [5.74, 6) is -0.418. The highest BCUT2D eigenvalue weighted by Gasteiger charge is 2.31. The molecular formula is C25H44O4. The van der Waals surface area contributed by atoms with Crippen LogP contribution in [0, 0.1) is 5.92 Å². The van der Waals surface area contributed by atoms with Gasteiger partial charge in [-0.15, -0.1) is 0 Å². The van der Waals surface area contributed by atoms with Gasteiger partial charge in [-0.1, -0.05) is 78.6 Å². The zero-order valence-corrected chi connectivity index (χ0v) is 19.2. The van der Waals surface area contributed by atoms with E-state index in [1.807, 2.05) is 0 Å². The van der Waals surface area contributed by atoms with Gasteiger partial charge in [-0.3, -0.25) is 0 Å². The van der Waals surface area contributed by atoms with E-state index in [0.29, 0.717) is 30.8 Å². The van der Waals surface area contributed by atoms with E-state index in [0.717, 1.165) is 64.2 Å². The molecule has 1 rings (SSSR count). The summed E-state index contributed by atoms with van der Waals surface area (Å²) in [6, 6.07) is 0. The first-order chi connectivity index (χ1) is 14.2. The monoisotopic (exact) mass is 408 g/mol. The molecule has 4 heteroatoms. The first-order valence-corrected chi connectivity index (χ1v) is 12.2. The summed E-state index contributed by atoms with van der Waals surface area (Å²) in [7, 11) is 0. The first-order valence-electron chi connectivity index (χ1n) is 12.2. The van der Waals surface area contributed by atoms with Crippen molar-refractivity contribution in [2.75, 3.05) is 13.2 Å². The van der Waals surface area contributed by atoms with Gasteiger partial charge < -0.3 is 9.47 Å². The van der Waals surface area contributed by atoms with Crippen LogP contribution in [0.4, 0.5) is 0 Å². The molecule has 0 heterocycles. The highest BCUT2D eigenvalue weighted by molar-refractivity contribution is 6.00. The van der Waals surface area contributed by atoms with Crippen LogP contribution in [0.2, 0.25) is 0 Å². The Hall–Kier alpha value is -1.32. The van der Waals surface area contributed by atoms with Gasteiger partial charge in [-0.05, 0) is 44.4 Å². The van der Waals surface area contributed by atoms with Crippen molar-refractivity contribution in [1.82, 2.24) is 0 Å². The van der Waals surface area contributed by atoms with E-state index < -0.39 is 0 Å². The van der Waals surface area contributed by atoms with Crippen LogP contribution in [0.3, 0.4) is 0 Å². The standard InChI is InChI=1S/C25H44O4/c1-4-7-10-11-12-13-18-22(24(26)28-19-8-5-2)23(21-16-14-15-17-21)25(27)29-20-9-6-3/h21H,4-20H2,1-3H3. The molecule has 0 aromatic heterocycles. The topological polar surface area (TPSA) is 52.6 Å². The maximum Gasteiger partial charge on any atom is 0.334 e. The number of hydrogen-bond acceptors (Lipinski definition) is 4. The van der Waals surface area contributed by atoms with Crippen LogP contribution in [0.5, 0.6) is 0 Å². The lowest BCUT2D eigenvalue weighted by atomic mass is 9.90.